The van der Waals surface area contributed by atoms with Gasteiger partial charge in [-0.25, -0.2) is 0 Å². The standard InChI is InChI=1S/C20H16F3N3O/c1-13-25(16-10-9-14(12-24)17(11-16)20(21,22)23)18(27)19(2,3)26(13)15-7-5-4-6-8-15/h4-11H,1H2,2-3H3. The molecular weight excluding hydrogens is 355 g/mol. The van der Waals surface area contributed by atoms with Crippen LogP contribution in [0.3, 0.4) is 0 Å². The number of carbonyl (C=O) groups excluding carboxylic acids is 1. The molecule has 0 saturated carbocycles. The van der Waals surface area contributed by atoms with Gasteiger partial charge in [-0.2, -0.15) is 18.4 Å². The third-order valence-corrected chi connectivity index (χ3v) is 4.50. The molecule has 7 heteroatoms. The van der Waals surface area contributed by atoms with Gasteiger partial charge in [-0.15, -0.1) is 0 Å². The quantitative estimate of drug-likeness (QED) is 0.770. The number of amides is 1. The van der Waals surface area contributed by atoms with E-state index in [0.717, 1.165) is 17.0 Å². The summed E-state index contributed by atoms with van der Waals surface area (Å²) in [7, 11) is 0. The predicted octanol–water partition coefficient (Wildman–Crippen LogP) is 4.68. The molecule has 0 bridgehead atoms. The maximum absolute atomic E-state index is 13.3. The highest BCUT2D eigenvalue weighted by molar-refractivity contribution is 6.09. The number of hydrogen-bond donors (Lipinski definition) is 0. The van der Waals surface area contributed by atoms with Crippen molar-refractivity contribution < 1.29 is 18.0 Å². The van der Waals surface area contributed by atoms with Gasteiger partial charge in [0.1, 0.15) is 11.4 Å². The van der Waals surface area contributed by atoms with E-state index in [9.17, 15) is 18.0 Å². The second-order valence-electron chi connectivity index (χ2n) is 6.63. The van der Waals surface area contributed by atoms with Crippen LogP contribution in [0, 0.1) is 11.3 Å². The van der Waals surface area contributed by atoms with Crippen molar-refractivity contribution in [1.82, 2.24) is 0 Å². The Kier molecular flexibility index (Phi) is 4.23. The van der Waals surface area contributed by atoms with Crippen molar-refractivity contribution in [2.24, 2.45) is 0 Å². The van der Waals surface area contributed by atoms with Crippen molar-refractivity contribution in [3.63, 3.8) is 0 Å². The van der Waals surface area contributed by atoms with E-state index in [4.69, 9.17) is 5.26 Å². The molecule has 27 heavy (non-hydrogen) atoms. The van der Waals surface area contributed by atoms with Crippen LogP contribution in [0.2, 0.25) is 0 Å². The van der Waals surface area contributed by atoms with Crippen molar-refractivity contribution in [3.8, 4) is 6.07 Å². The fourth-order valence-electron chi connectivity index (χ4n) is 3.23. The highest BCUT2D eigenvalue weighted by Gasteiger charge is 2.49. The summed E-state index contributed by atoms with van der Waals surface area (Å²) in [5.41, 5.74) is -1.90. The number of nitrogens with zero attached hydrogens (tertiary/aromatic N) is 3. The SMILES string of the molecule is C=C1N(c2ccc(C#N)c(C(F)(F)F)c2)C(=O)C(C)(C)N1c1ccccc1. The van der Waals surface area contributed by atoms with E-state index < -0.39 is 28.7 Å². The molecule has 0 aliphatic carbocycles. The Labute approximate surface area is 154 Å². The molecule has 0 spiro atoms. The molecular formula is C20H16F3N3O. The third kappa shape index (κ3) is 2.93. The Balaban J connectivity index is 2.12. The fraction of sp³-hybridized carbons (Fsp3) is 0.200. The third-order valence-electron chi connectivity index (χ3n) is 4.50. The lowest BCUT2D eigenvalue weighted by atomic mass is 10.0. The second-order valence-corrected chi connectivity index (χ2v) is 6.63. The van der Waals surface area contributed by atoms with Gasteiger partial charge in [0.2, 0.25) is 0 Å². The number of rotatable bonds is 2. The fourth-order valence-corrected chi connectivity index (χ4v) is 3.23. The molecule has 1 aliphatic heterocycles. The highest BCUT2D eigenvalue weighted by atomic mass is 19.4. The van der Waals surface area contributed by atoms with E-state index in [1.165, 1.54) is 12.1 Å². The van der Waals surface area contributed by atoms with Gasteiger partial charge in [0, 0.05) is 5.69 Å². The Morgan fingerprint density at radius 1 is 1.07 bits per heavy atom. The number of para-hydroxylation sites is 1. The maximum Gasteiger partial charge on any atom is 0.417 e. The number of halogens is 3. The monoisotopic (exact) mass is 371 g/mol. The van der Waals surface area contributed by atoms with E-state index in [1.807, 2.05) is 6.07 Å². The van der Waals surface area contributed by atoms with Gasteiger partial charge in [-0.05, 0) is 44.2 Å². The van der Waals surface area contributed by atoms with Crippen LogP contribution < -0.4 is 9.80 Å². The predicted molar refractivity (Wildman–Crippen MR) is 95.8 cm³/mol. The average molecular weight is 371 g/mol. The molecule has 3 rings (SSSR count). The zero-order valence-electron chi connectivity index (χ0n) is 14.7. The van der Waals surface area contributed by atoms with E-state index in [1.54, 1.807) is 43.0 Å². The minimum absolute atomic E-state index is 0.0165. The van der Waals surface area contributed by atoms with Crippen LogP contribution in [0.15, 0.2) is 60.9 Å². The molecule has 1 amide bonds. The summed E-state index contributed by atoms with van der Waals surface area (Å²) in [6.45, 7) is 7.30. The Morgan fingerprint density at radius 2 is 1.70 bits per heavy atom. The van der Waals surface area contributed by atoms with Crippen LogP contribution >= 0.6 is 0 Å². The molecule has 0 unspecified atom stereocenters. The van der Waals surface area contributed by atoms with Gasteiger partial charge in [0.25, 0.3) is 5.91 Å². The molecule has 2 aromatic rings. The lowest BCUT2D eigenvalue weighted by Gasteiger charge is -2.30. The zero-order chi connectivity index (χ0) is 20.0. The van der Waals surface area contributed by atoms with Gasteiger partial charge in [0.05, 0.1) is 22.9 Å². The van der Waals surface area contributed by atoms with Crippen molar-refractivity contribution >= 4 is 17.3 Å². The molecule has 0 atom stereocenters. The maximum atomic E-state index is 13.3. The van der Waals surface area contributed by atoms with Crippen molar-refractivity contribution in [2.75, 3.05) is 9.80 Å². The number of anilines is 2. The second kappa shape index (κ2) is 6.16. The summed E-state index contributed by atoms with van der Waals surface area (Å²) < 4.78 is 39.9. The molecule has 2 aromatic carbocycles. The molecule has 1 saturated heterocycles. The number of alkyl halides is 3. The molecule has 138 valence electrons. The van der Waals surface area contributed by atoms with E-state index in [0.29, 0.717) is 5.69 Å². The lowest BCUT2D eigenvalue weighted by Crippen LogP contribution is -2.43. The van der Waals surface area contributed by atoms with E-state index in [-0.39, 0.29) is 11.5 Å². The normalized spacial score (nSPS) is 16.6. The first-order valence-corrected chi connectivity index (χ1v) is 8.09. The van der Waals surface area contributed by atoms with Crippen molar-refractivity contribution in [3.05, 3.63) is 72.1 Å². The number of carbonyl (C=O) groups is 1. The molecule has 0 radical (unpaired) electrons. The van der Waals surface area contributed by atoms with Gasteiger partial charge in [-0.1, -0.05) is 24.8 Å². The summed E-state index contributed by atoms with van der Waals surface area (Å²) in [6, 6.07) is 13.8. The van der Waals surface area contributed by atoms with Crippen LogP contribution in [0.25, 0.3) is 0 Å². The van der Waals surface area contributed by atoms with Crippen LogP contribution in [0.4, 0.5) is 24.5 Å². The topological polar surface area (TPSA) is 47.3 Å². The largest absolute Gasteiger partial charge is 0.417 e. The van der Waals surface area contributed by atoms with Gasteiger partial charge in [0.15, 0.2) is 0 Å². The Bertz CT molecular complexity index is 959. The summed E-state index contributed by atoms with van der Waals surface area (Å²) in [5, 5.41) is 8.96. The first-order chi connectivity index (χ1) is 12.6. The van der Waals surface area contributed by atoms with Crippen molar-refractivity contribution in [1.29, 1.82) is 5.26 Å². The van der Waals surface area contributed by atoms with Gasteiger partial charge >= 0.3 is 6.18 Å². The average Bonchev–Trinajstić information content (AvgIpc) is 2.79. The number of benzene rings is 2. The minimum Gasteiger partial charge on any atom is -0.313 e. The molecule has 4 nitrogen and oxygen atoms in total. The summed E-state index contributed by atoms with van der Waals surface area (Å²) >= 11 is 0. The Hall–Kier alpha value is -3.27. The molecule has 1 fully saturated rings. The van der Waals surface area contributed by atoms with Crippen LogP contribution in [-0.4, -0.2) is 11.4 Å². The zero-order valence-corrected chi connectivity index (χ0v) is 14.7. The highest BCUT2D eigenvalue weighted by Crippen LogP contribution is 2.42. The first kappa shape index (κ1) is 18.5. The number of hydrogen-bond acceptors (Lipinski definition) is 3. The summed E-state index contributed by atoms with van der Waals surface area (Å²) in [5.74, 6) is -0.164. The lowest BCUT2D eigenvalue weighted by molar-refractivity contribution is -0.137. The molecule has 1 heterocycles. The Morgan fingerprint density at radius 3 is 2.26 bits per heavy atom. The molecule has 0 aromatic heterocycles. The van der Waals surface area contributed by atoms with E-state index in [2.05, 4.69) is 6.58 Å². The molecule has 0 N–H and O–H groups in total. The van der Waals surface area contributed by atoms with E-state index >= 15 is 0 Å². The minimum atomic E-state index is -4.71. The van der Waals surface area contributed by atoms with Gasteiger partial charge in [-0.3, -0.25) is 9.69 Å². The molecule has 1 aliphatic rings. The summed E-state index contributed by atoms with van der Waals surface area (Å²) in [6.07, 6.45) is -4.71. The van der Waals surface area contributed by atoms with Crippen LogP contribution in [0.1, 0.15) is 25.0 Å². The van der Waals surface area contributed by atoms with Crippen LogP contribution in [0.5, 0.6) is 0 Å². The smallest absolute Gasteiger partial charge is 0.313 e. The van der Waals surface area contributed by atoms with Crippen LogP contribution in [-0.2, 0) is 11.0 Å². The summed E-state index contributed by atoms with van der Waals surface area (Å²) in [4.78, 5) is 15.9. The first-order valence-electron chi connectivity index (χ1n) is 8.09. The number of nitriles is 1. The van der Waals surface area contributed by atoms with Gasteiger partial charge < -0.3 is 4.90 Å². The van der Waals surface area contributed by atoms with Crippen molar-refractivity contribution in [2.45, 2.75) is 25.6 Å².